The maximum atomic E-state index is 12.6. The van der Waals surface area contributed by atoms with Crippen LogP contribution >= 0.6 is 11.8 Å². The number of rotatable bonds is 6. The Balaban J connectivity index is 2.13. The zero-order chi connectivity index (χ0) is 22.0. The van der Waals surface area contributed by atoms with Crippen molar-refractivity contribution in [3.8, 4) is 0 Å². The monoisotopic (exact) mass is 447 g/mol. The summed E-state index contributed by atoms with van der Waals surface area (Å²) in [5.41, 5.74) is 0.139. The van der Waals surface area contributed by atoms with Gasteiger partial charge in [-0.05, 0) is 43.7 Å². The number of alkyl halides is 3. The Kier molecular flexibility index (Phi) is 6.97. The number of anilines is 1. The summed E-state index contributed by atoms with van der Waals surface area (Å²) in [7, 11) is -0.850. The molecule has 1 unspecified atom stereocenters. The minimum absolute atomic E-state index is 0.0353. The van der Waals surface area contributed by atoms with Crippen molar-refractivity contribution >= 4 is 33.4 Å². The molecule has 0 aliphatic heterocycles. The summed E-state index contributed by atoms with van der Waals surface area (Å²) in [6.07, 6.45) is -3.76. The van der Waals surface area contributed by atoms with Crippen LogP contribution in [-0.4, -0.2) is 43.0 Å². The van der Waals surface area contributed by atoms with Gasteiger partial charge in [-0.2, -0.15) is 13.2 Å². The van der Waals surface area contributed by atoms with Crippen LogP contribution in [0.15, 0.2) is 46.5 Å². The maximum absolute atomic E-state index is 12.6. The van der Waals surface area contributed by atoms with E-state index in [1.54, 1.807) is 19.9 Å². The van der Waals surface area contributed by atoms with Gasteiger partial charge in [0.25, 0.3) is 0 Å². The highest BCUT2D eigenvalue weighted by Crippen LogP contribution is 2.31. The first-order valence-electron chi connectivity index (χ1n) is 8.36. The van der Waals surface area contributed by atoms with E-state index >= 15 is 0 Å². The normalized spacial score (nSPS) is 13.4. The SMILES string of the molecule is Cc1ccc(S(=O)(=O)N(C)C)cc1NC(=O)C(C)Sc1ccc(C(F)(F)F)cn1. The van der Waals surface area contributed by atoms with E-state index in [0.29, 0.717) is 17.4 Å². The van der Waals surface area contributed by atoms with E-state index in [4.69, 9.17) is 0 Å². The van der Waals surface area contributed by atoms with Crippen molar-refractivity contribution in [2.24, 2.45) is 0 Å². The number of thioether (sulfide) groups is 1. The van der Waals surface area contributed by atoms with Crippen LogP contribution in [0, 0.1) is 6.92 Å². The first kappa shape index (κ1) is 23.2. The number of benzene rings is 1. The van der Waals surface area contributed by atoms with Gasteiger partial charge in [0.2, 0.25) is 15.9 Å². The lowest BCUT2D eigenvalue weighted by Crippen LogP contribution is -2.24. The van der Waals surface area contributed by atoms with Gasteiger partial charge in [-0.25, -0.2) is 17.7 Å². The van der Waals surface area contributed by atoms with Crippen LogP contribution in [0.5, 0.6) is 0 Å². The second kappa shape index (κ2) is 8.72. The molecule has 0 spiro atoms. The highest BCUT2D eigenvalue weighted by Gasteiger charge is 2.30. The zero-order valence-electron chi connectivity index (χ0n) is 16.1. The minimum Gasteiger partial charge on any atom is -0.325 e. The van der Waals surface area contributed by atoms with E-state index < -0.39 is 32.9 Å². The minimum atomic E-state index is -4.48. The lowest BCUT2D eigenvalue weighted by Gasteiger charge is -2.16. The average Bonchev–Trinajstić information content (AvgIpc) is 2.62. The molecule has 0 aliphatic rings. The van der Waals surface area contributed by atoms with Crippen LogP contribution in [0.4, 0.5) is 18.9 Å². The van der Waals surface area contributed by atoms with Gasteiger partial charge in [-0.15, -0.1) is 0 Å². The van der Waals surface area contributed by atoms with Crippen molar-refractivity contribution in [3.05, 3.63) is 47.7 Å². The van der Waals surface area contributed by atoms with Crippen LogP contribution in [0.1, 0.15) is 18.1 Å². The van der Waals surface area contributed by atoms with Crippen molar-refractivity contribution in [2.75, 3.05) is 19.4 Å². The van der Waals surface area contributed by atoms with Crippen LogP contribution < -0.4 is 5.32 Å². The van der Waals surface area contributed by atoms with Crippen molar-refractivity contribution < 1.29 is 26.4 Å². The molecular weight excluding hydrogens is 427 g/mol. The van der Waals surface area contributed by atoms with Gasteiger partial charge in [0.1, 0.15) is 0 Å². The molecule has 0 saturated heterocycles. The smallest absolute Gasteiger partial charge is 0.325 e. The van der Waals surface area contributed by atoms with Crippen molar-refractivity contribution in [1.29, 1.82) is 0 Å². The van der Waals surface area contributed by atoms with Crippen molar-refractivity contribution in [2.45, 2.75) is 35.2 Å². The molecule has 158 valence electrons. The van der Waals surface area contributed by atoms with Gasteiger partial charge in [0.15, 0.2) is 0 Å². The summed E-state index contributed by atoms with van der Waals surface area (Å²) in [6, 6.07) is 6.51. The molecule has 2 aromatic rings. The fourth-order valence-corrected chi connectivity index (χ4v) is 3.91. The summed E-state index contributed by atoms with van der Waals surface area (Å²) in [5, 5.41) is 2.26. The number of sulfonamides is 1. The molecule has 29 heavy (non-hydrogen) atoms. The molecule has 0 fully saturated rings. The molecule has 0 saturated carbocycles. The number of pyridine rings is 1. The Labute approximate surface area is 171 Å². The lowest BCUT2D eigenvalue weighted by molar-refractivity contribution is -0.137. The molecule has 0 aliphatic carbocycles. The number of hydrogen-bond acceptors (Lipinski definition) is 5. The second-order valence-corrected chi connectivity index (χ2v) is 9.91. The van der Waals surface area contributed by atoms with Gasteiger partial charge in [-0.1, -0.05) is 17.8 Å². The number of amides is 1. The number of carbonyl (C=O) groups is 1. The number of aryl methyl sites for hydroxylation is 1. The second-order valence-electron chi connectivity index (χ2n) is 6.40. The van der Waals surface area contributed by atoms with Crippen molar-refractivity contribution in [1.82, 2.24) is 9.29 Å². The molecule has 1 heterocycles. The third kappa shape index (κ3) is 5.71. The van der Waals surface area contributed by atoms with Crippen molar-refractivity contribution in [3.63, 3.8) is 0 Å². The Morgan fingerprint density at radius 1 is 1.21 bits per heavy atom. The van der Waals surface area contributed by atoms with E-state index in [1.807, 2.05) is 0 Å². The third-order valence-corrected chi connectivity index (χ3v) is 6.84. The van der Waals surface area contributed by atoms with E-state index in [0.717, 1.165) is 22.1 Å². The molecule has 11 heteroatoms. The first-order chi connectivity index (χ1) is 13.3. The molecule has 1 atom stereocenters. The predicted molar refractivity (Wildman–Crippen MR) is 105 cm³/mol. The number of nitrogens with zero attached hydrogens (tertiary/aromatic N) is 2. The number of aromatic nitrogens is 1. The Morgan fingerprint density at radius 3 is 2.38 bits per heavy atom. The molecule has 1 aromatic carbocycles. The zero-order valence-corrected chi connectivity index (χ0v) is 17.7. The van der Waals surface area contributed by atoms with Crippen LogP contribution in [0.3, 0.4) is 0 Å². The Hall–Kier alpha value is -2.11. The molecule has 1 aromatic heterocycles. The number of nitrogens with one attached hydrogen (secondary N) is 1. The molecule has 1 N–H and O–H groups in total. The standard InChI is InChI=1S/C18H20F3N3O3S2/c1-11-5-7-14(29(26,27)24(3)4)9-15(11)23-17(25)12(2)28-16-8-6-13(10-22-16)18(19,20)21/h5-10,12H,1-4H3,(H,23,25). The van der Waals surface area contributed by atoms with Gasteiger partial charge < -0.3 is 5.32 Å². The molecule has 0 bridgehead atoms. The topological polar surface area (TPSA) is 79.4 Å². The average molecular weight is 448 g/mol. The molecule has 0 radical (unpaired) electrons. The quantitative estimate of drug-likeness (QED) is 0.682. The van der Waals surface area contributed by atoms with Gasteiger partial charge in [0.05, 0.1) is 20.7 Å². The molecule has 6 nitrogen and oxygen atoms in total. The lowest BCUT2D eigenvalue weighted by atomic mass is 10.2. The highest BCUT2D eigenvalue weighted by atomic mass is 32.2. The fraction of sp³-hybridized carbons (Fsp3) is 0.333. The van der Waals surface area contributed by atoms with Crippen LogP contribution in [0.25, 0.3) is 0 Å². The molecular formula is C18H20F3N3O3S2. The number of hydrogen-bond donors (Lipinski definition) is 1. The van der Waals surface area contributed by atoms with Crippen LogP contribution in [-0.2, 0) is 21.0 Å². The van der Waals surface area contributed by atoms with Gasteiger partial charge in [-0.3, -0.25) is 4.79 Å². The first-order valence-corrected chi connectivity index (χ1v) is 10.7. The summed E-state index contributed by atoms with van der Waals surface area (Å²) in [4.78, 5) is 16.3. The molecule has 2 rings (SSSR count). The summed E-state index contributed by atoms with van der Waals surface area (Å²) in [6.45, 7) is 3.30. The van der Waals surface area contributed by atoms with E-state index in [9.17, 15) is 26.4 Å². The largest absolute Gasteiger partial charge is 0.417 e. The van der Waals surface area contributed by atoms with E-state index in [2.05, 4.69) is 10.3 Å². The highest BCUT2D eigenvalue weighted by molar-refractivity contribution is 8.00. The van der Waals surface area contributed by atoms with E-state index in [-0.39, 0.29) is 9.92 Å². The molecule has 1 amide bonds. The van der Waals surface area contributed by atoms with Gasteiger partial charge >= 0.3 is 6.18 Å². The van der Waals surface area contributed by atoms with Gasteiger partial charge in [0, 0.05) is 26.0 Å². The van der Waals surface area contributed by atoms with Crippen LogP contribution in [0.2, 0.25) is 0 Å². The predicted octanol–water partition coefficient (Wildman–Crippen LogP) is 3.78. The summed E-state index contributed by atoms with van der Waals surface area (Å²) < 4.78 is 63.4. The summed E-state index contributed by atoms with van der Waals surface area (Å²) in [5.74, 6) is -0.431. The Morgan fingerprint density at radius 2 is 1.86 bits per heavy atom. The number of carbonyl (C=O) groups excluding carboxylic acids is 1. The van der Waals surface area contributed by atoms with E-state index in [1.165, 1.54) is 32.3 Å². The maximum Gasteiger partial charge on any atom is 0.417 e. The summed E-state index contributed by atoms with van der Waals surface area (Å²) >= 11 is 0.994. The third-order valence-electron chi connectivity index (χ3n) is 3.98. The number of halogens is 3. The fourth-order valence-electron chi connectivity index (χ4n) is 2.19. The Bertz CT molecular complexity index is 992.